The van der Waals surface area contributed by atoms with Gasteiger partial charge in [0.15, 0.2) is 0 Å². The topological polar surface area (TPSA) is 101 Å². The highest BCUT2D eigenvalue weighted by molar-refractivity contribution is 7.89. The molecule has 1 N–H and O–H groups in total. The fraction of sp³-hybridized carbons (Fsp3) is 0.429. The van der Waals surface area contributed by atoms with E-state index in [0.717, 1.165) is 11.4 Å². The van der Waals surface area contributed by atoms with Crippen LogP contribution in [0.5, 0.6) is 0 Å². The Hall–Kier alpha value is -1.93. The number of esters is 1. The Morgan fingerprint density at radius 3 is 2.45 bits per heavy atom. The number of aliphatic carboxylic acids is 1. The summed E-state index contributed by atoms with van der Waals surface area (Å²) in [4.78, 5) is 22.5. The molecule has 0 amide bonds. The standard InChI is InChI=1S/C14H19NO6S/c1-4-7-15(9-13(16)17)22(19,20)12-6-5-10(2)8-11(12)14(18)21-3/h5-6,8H,4,7,9H2,1-3H3,(H,16,17). The molecular formula is C14H19NO6S. The first-order valence-electron chi connectivity index (χ1n) is 6.65. The zero-order chi connectivity index (χ0) is 16.9. The molecule has 0 atom stereocenters. The molecule has 0 heterocycles. The smallest absolute Gasteiger partial charge is 0.339 e. The molecule has 0 spiro atoms. The largest absolute Gasteiger partial charge is 0.480 e. The van der Waals surface area contributed by atoms with Crippen molar-refractivity contribution in [3.63, 3.8) is 0 Å². The van der Waals surface area contributed by atoms with E-state index in [4.69, 9.17) is 5.11 Å². The maximum Gasteiger partial charge on any atom is 0.339 e. The number of hydrogen-bond acceptors (Lipinski definition) is 5. The third kappa shape index (κ3) is 4.05. The summed E-state index contributed by atoms with van der Waals surface area (Å²) in [6.45, 7) is 2.83. The van der Waals surface area contributed by atoms with E-state index < -0.39 is 28.5 Å². The molecule has 0 fully saturated rings. The highest BCUT2D eigenvalue weighted by Crippen LogP contribution is 2.22. The first kappa shape index (κ1) is 18.1. The van der Waals surface area contributed by atoms with Crippen LogP contribution >= 0.6 is 0 Å². The van der Waals surface area contributed by atoms with Crippen molar-refractivity contribution in [2.75, 3.05) is 20.2 Å². The number of ether oxygens (including phenoxy) is 1. The van der Waals surface area contributed by atoms with Crippen LogP contribution in [0.1, 0.15) is 29.3 Å². The summed E-state index contributed by atoms with van der Waals surface area (Å²) in [5.74, 6) is -2.04. The number of carbonyl (C=O) groups excluding carboxylic acids is 1. The zero-order valence-electron chi connectivity index (χ0n) is 12.7. The number of hydrogen-bond donors (Lipinski definition) is 1. The summed E-state index contributed by atoms with van der Waals surface area (Å²) >= 11 is 0. The van der Waals surface area contributed by atoms with Crippen LogP contribution in [0, 0.1) is 6.92 Å². The Bertz CT molecular complexity index is 668. The van der Waals surface area contributed by atoms with Crippen molar-refractivity contribution in [1.29, 1.82) is 0 Å². The molecular weight excluding hydrogens is 310 g/mol. The fourth-order valence-electron chi connectivity index (χ4n) is 1.96. The molecule has 7 nitrogen and oxygen atoms in total. The fourth-order valence-corrected chi connectivity index (χ4v) is 3.60. The minimum atomic E-state index is -4.11. The van der Waals surface area contributed by atoms with E-state index in [2.05, 4.69) is 4.74 Å². The molecule has 0 aliphatic heterocycles. The van der Waals surface area contributed by atoms with Gasteiger partial charge in [0.05, 0.1) is 17.6 Å². The van der Waals surface area contributed by atoms with Crippen LogP contribution in [-0.4, -0.2) is 50.0 Å². The van der Waals surface area contributed by atoms with Crippen molar-refractivity contribution in [1.82, 2.24) is 4.31 Å². The Labute approximate surface area is 129 Å². The molecule has 0 aromatic heterocycles. The van der Waals surface area contributed by atoms with Crippen LogP contribution < -0.4 is 0 Å². The van der Waals surface area contributed by atoms with Crippen LogP contribution in [0.15, 0.2) is 23.1 Å². The van der Waals surface area contributed by atoms with Crippen LogP contribution in [0.25, 0.3) is 0 Å². The summed E-state index contributed by atoms with van der Waals surface area (Å²) < 4.78 is 30.8. The van der Waals surface area contributed by atoms with Gasteiger partial charge in [0, 0.05) is 6.54 Å². The van der Waals surface area contributed by atoms with E-state index in [1.54, 1.807) is 19.9 Å². The van der Waals surface area contributed by atoms with Crippen molar-refractivity contribution in [3.8, 4) is 0 Å². The van der Waals surface area contributed by atoms with Gasteiger partial charge in [-0.15, -0.1) is 0 Å². The van der Waals surface area contributed by atoms with Gasteiger partial charge in [-0.2, -0.15) is 4.31 Å². The molecule has 8 heteroatoms. The molecule has 122 valence electrons. The van der Waals surface area contributed by atoms with Crippen LogP contribution in [-0.2, 0) is 19.6 Å². The number of methoxy groups -OCH3 is 1. The highest BCUT2D eigenvalue weighted by Gasteiger charge is 2.30. The van der Waals surface area contributed by atoms with Crippen LogP contribution in [0.3, 0.4) is 0 Å². The second-order valence-electron chi connectivity index (χ2n) is 4.72. The molecule has 0 unspecified atom stereocenters. The summed E-state index contributed by atoms with van der Waals surface area (Å²) in [6.07, 6.45) is 0.450. The highest BCUT2D eigenvalue weighted by atomic mass is 32.2. The van der Waals surface area contributed by atoms with E-state index in [9.17, 15) is 18.0 Å². The quantitative estimate of drug-likeness (QED) is 0.756. The van der Waals surface area contributed by atoms with E-state index in [0.29, 0.717) is 12.0 Å². The van der Waals surface area contributed by atoms with Crippen LogP contribution in [0.2, 0.25) is 0 Å². The number of sulfonamides is 1. The predicted octanol–water partition coefficient (Wildman–Crippen LogP) is 1.27. The van der Waals surface area contributed by atoms with Gasteiger partial charge in [0.1, 0.15) is 6.54 Å². The average Bonchev–Trinajstić information content (AvgIpc) is 2.45. The number of benzene rings is 1. The van der Waals surface area contributed by atoms with Gasteiger partial charge >= 0.3 is 11.9 Å². The van der Waals surface area contributed by atoms with Crippen molar-refractivity contribution in [3.05, 3.63) is 29.3 Å². The van der Waals surface area contributed by atoms with E-state index in [1.165, 1.54) is 12.1 Å². The Morgan fingerprint density at radius 2 is 1.95 bits per heavy atom. The summed E-state index contributed by atoms with van der Waals surface area (Å²) in [5.41, 5.74) is 0.591. The molecule has 1 rings (SSSR count). The lowest BCUT2D eigenvalue weighted by atomic mass is 10.1. The molecule has 0 aliphatic carbocycles. The van der Waals surface area contributed by atoms with Crippen molar-refractivity contribution in [2.24, 2.45) is 0 Å². The third-order valence-electron chi connectivity index (χ3n) is 2.94. The van der Waals surface area contributed by atoms with Crippen molar-refractivity contribution in [2.45, 2.75) is 25.2 Å². The van der Waals surface area contributed by atoms with Gasteiger partial charge < -0.3 is 9.84 Å². The first-order valence-corrected chi connectivity index (χ1v) is 8.09. The first-order chi connectivity index (χ1) is 10.2. The molecule has 1 aromatic rings. The third-order valence-corrected chi connectivity index (χ3v) is 4.85. The number of carboxylic acid groups (broad SMARTS) is 1. The van der Waals surface area contributed by atoms with Gasteiger partial charge in [-0.1, -0.05) is 18.6 Å². The summed E-state index contributed by atoms with van der Waals surface area (Å²) in [5, 5.41) is 8.89. The summed E-state index contributed by atoms with van der Waals surface area (Å²) in [6, 6.07) is 4.25. The average molecular weight is 329 g/mol. The van der Waals surface area contributed by atoms with Crippen LogP contribution in [0.4, 0.5) is 0 Å². The normalized spacial score (nSPS) is 11.5. The number of rotatable bonds is 7. The monoisotopic (exact) mass is 329 g/mol. The number of carboxylic acids is 1. The van der Waals surface area contributed by atoms with Gasteiger partial charge in [0.2, 0.25) is 10.0 Å². The maximum absolute atomic E-state index is 12.7. The molecule has 0 saturated carbocycles. The molecule has 1 aromatic carbocycles. The van der Waals surface area contributed by atoms with Gasteiger partial charge in [-0.3, -0.25) is 4.79 Å². The van der Waals surface area contributed by atoms with Gasteiger partial charge in [0.25, 0.3) is 0 Å². The van der Waals surface area contributed by atoms with E-state index in [-0.39, 0.29) is 17.0 Å². The van der Waals surface area contributed by atoms with Crippen molar-refractivity contribution < 1.29 is 27.9 Å². The Morgan fingerprint density at radius 1 is 1.32 bits per heavy atom. The molecule has 0 aliphatic rings. The molecule has 0 saturated heterocycles. The lowest BCUT2D eigenvalue weighted by molar-refractivity contribution is -0.137. The SMILES string of the molecule is CCCN(CC(=O)O)S(=O)(=O)c1ccc(C)cc1C(=O)OC. The number of aryl methyl sites for hydroxylation is 1. The second-order valence-corrected chi connectivity index (χ2v) is 6.63. The van der Waals surface area contributed by atoms with Crippen molar-refractivity contribution >= 4 is 22.0 Å². The Balaban J connectivity index is 3.43. The van der Waals surface area contributed by atoms with E-state index in [1.807, 2.05) is 0 Å². The van der Waals surface area contributed by atoms with Gasteiger partial charge in [-0.05, 0) is 25.5 Å². The lowest BCUT2D eigenvalue weighted by Gasteiger charge is -2.21. The minimum absolute atomic E-state index is 0.0448. The molecule has 0 bridgehead atoms. The number of nitrogens with zero attached hydrogens (tertiary/aromatic N) is 1. The minimum Gasteiger partial charge on any atom is -0.480 e. The summed E-state index contributed by atoms with van der Waals surface area (Å²) in [7, 11) is -2.95. The molecule has 0 radical (unpaired) electrons. The van der Waals surface area contributed by atoms with Gasteiger partial charge in [-0.25, -0.2) is 13.2 Å². The Kier molecular flexibility index (Phi) is 6.07. The molecule has 22 heavy (non-hydrogen) atoms. The van der Waals surface area contributed by atoms with E-state index >= 15 is 0 Å². The number of carbonyl (C=O) groups is 2. The second kappa shape index (κ2) is 7.37. The maximum atomic E-state index is 12.7. The predicted molar refractivity (Wildman–Crippen MR) is 79.2 cm³/mol. The zero-order valence-corrected chi connectivity index (χ0v) is 13.5. The lowest BCUT2D eigenvalue weighted by Crippen LogP contribution is -2.37.